The quantitative estimate of drug-likeness (QED) is 0.427. The standard InChI is InChI=1S/C4H8INO2/c1-2-3(5)6-4(7)8/h3,6H,2H2,1H3,(H,7,8). The summed E-state index contributed by atoms with van der Waals surface area (Å²) < 4.78 is 0.0464. The fourth-order valence-corrected chi connectivity index (χ4v) is 0.502. The van der Waals surface area contributed by atoms with Gasteiger partial charge in [0.15, 0.2) is 0 Å². The van der Waals surface area contributed by atoms with Crippen LogP contribution in [0.2, 0.25) is 0 Å². The molecule has 1 atom stereocenters. The van der Waals surface area contributed by atoms with E-state index in [4.69, 9.17) is 5.11 Å². The van der Waals surface area contributed by atoms with Gasteiger partial charge in [-0.15, -0.1) is 0 Å². The van der Waals surface area contributed by atoms with Crippen molar-refractivity contribution in [2.24, 2.45) is 0 Å². The lowest BCUT2D eigenvalue weighted by molar-refractivity contribution is 0.194. The van der Waals surface area contributed by atoms with Gasteiger partial charge in [-0.3, -0.25) is 0 Å². The van der Waals surface area contributed by atoms with Crippen molar-refractivity contribution in [3.8, 4) is 0 Å². The minimum atomic E-state index is -0.953. The smallest absolute Gasteiger partial charge is 0.405 e. The van der Waals surface area contributed by atoms with E-state index in [-0.39, 0.29) is 4.05 Å². The summed E-state index contributed by atoms with van der Waals surface area (Å²) in [4.78, 5) is 9.85. The van der Waals surface area contributed by atoms with Crippen LogP contribution in [0.4, 0.5) is 4.79 Å². The minimum absolute atomic E-state index is 0.0464. The van der Waals surface area contributed by atoms with E-state index in [1.165, 1.54) is 0 Å². The van der Waals surface area contributed by atoms with Gasteiger partial charge in [0.25, 0.3) is 0 Å². The van der Waals surface area contributed by atoms with Crippen LogP contribution in [0, 0.1) is 0 Å². The van der Waals surface area contributed by atoms with Crippen molar-refractivity contribution in [1.82, 2.24) is 5.32 Å². The molecule has 1 unspecified atom stereocenters. The molecule has 0 saturated carbocycles. The van der Waals surface area contributed by atoms with E-state index in [1.54, 1.807) is 0 Å². The maximum absolute atomic E-state index is 9.85. The fraction of sp³-hybridized carbons (Fsp3) is 0.750. The molecule has 0 bridgehead atoms. The van der Waals surface area contributed by atoms with Crippen molar-refractivity contribution in [3.63, 3.8) is 0 Å². The third-order valence-corrected chi connectivity index (χ3v) is 1.83. The Morgan fingerprint density at radius 2 is 2.50 bits per heavy atom. The summed E-state index contributed by atoms with van der Waals surface area (Å²) in [5, 5.41) is 10.4. The molecule has 0 aliphatic heterocycles. The highest BCUT2D eigenvalue weighted by Crippen LogP contribution is 1.98. The summed E-state index contributed by atoms with van der Waals surface area (Å²) in [5.41, 5.74) is 0. The van der Waals surface area contributed by atoms with E-state index in [0.717, 1.165) is 6.42 Å². The van der Waals surface area contributed by atoms with E-state index >= 15 is 0 Å². The number of carbonyl (C=O) groups is 1. The van der Waals surface area contributed by atoms with E-state index in [2.05, 4.69) is 5.32 Å². The molecule has 0 spiro atoms. The average molecular weight is 229 g/mol. The second kappa shape index (κ2) is 3.94. The Balaban J connectivity index is 3.24. The summed E-state index contributed by atoms with van der Waals surface area (Å²) in [7, 11) is 0. The second-order valence-electron chi connectivity index (χ2n) is 1.33. The summed E-state index contributed by atoms with van der Waals surface area (Å²) in [6, 6.07) is 0. The molecule has 0 saturated heterocycles. The van der Waals surface area contributed by atoms with Gasteiger partial charge in [0.1, 0.15) is 0 Å². The van der Waals surface area contributed by atoms with Gasteiger partial charge in [-0.2, -0.15) is 0 Å². The van der Waals surface area contributed by atoms with Gasteiger partial charge < -0.3 is 10.4 Å². The van der Waals surface area contributed by atoms with Gasteiger partial charge in [0.2, 0.25) is 0 Å². The molecular formula is C4H8INO2. The molecule has 0 aliphatic carbocycles. The molecule has 0 aromatic rings. The third-order valence-electron chi connectivity index (χ3n) is 0.639. The summed E-state index contributed by atoms with van der Waals surface area (Å²) in [6.07, 6.45) is -0.126. The molecule has 0 aromatic carbocycles. The average Bonchev–Trinajstić information content (AvgIpc) is 1.65. The Morgan fingerprint density at radius 3 is 2.62 bits per heavy atom. The first-order chi connectivity index (χ1) is 3.66. The zero-order valence-corrected chi connectivity index (χ0v) is 6.68. The molecule has 2 N–H and O–H groups in total. The van der Waals surface area contributed by atoms with Crippen LogP contribution in [0.3, 0.4) is 0 Å². The Labute approximate surface area is 61.6 Å². The number of nitrogens with one attached hydrogen (secondary N) is 1. The molecule has 0 fully saturated rings. The van der Waals surface area contributed by atoms with Crippen LogP contribution in [-0.4, -0.2) is 15.2 Å². The fourth-order valence-electron chi connectivity index (χ4n) is 0.236. The molecule has 4 heteroatoms. The van der Waals surface area contributed by atoms with Crippen molar-refractivity contribution in [2.75, 3.05) is 0 Å². The first-order valence-corrected chi connectivity index (χ1v) is 3.55. The Morgan fingerprint density at radius 1 is 2.00 bits per heavy atom. The van der Waals surface area contributed by atoms with Gasteiger partial charge in [-0.05, 0) is 6.42 Å². The Hall–Kier alpha value is 0. The zero-order valence-electron chi connectivity index (χ0n) is 4.52. The molecule has 0 aliphatic rings. The van der Waals surface area contributed by atoms with E-state index in [9.17, 15) is 4.79 Å². The molecule has 0 aromatic heterocycles. The van der Waals surface area contributed by atoms with Crippen molar-refractivity contribution >= 4 is 28.7 Å². The van der Waals surface area contributed by atoms with Gasteiger partial charge >= 0.3 is 6.09 Å². The van der Waals surface area contributed by atoms with Crippen molar-refractivity contribution in [3.05, 3.63) is 0 Å². The predicted molar refractivity (Wildman–Crippen MR) is 39.3 cm³/mol. The molecular weight excluding hydrogens is 221 g/mol. The van der Waals surface area contributed by atoms with Crippen LogP contribution in [0.5, 0.6) is 0 Å². The molecule has 0 heterocycles. The summed E-state index contributed by atoms with van der Waals surface area (Å²) >= 11 is 2.03. The van der Waals surface area contributed by atoms with Crippen LogP contribution >= 0.6 is 22.6 Å². The Bertz CT molecular complexity index is 86.1. The molecule has 0 radical (unpaired) electrons. The number of hydrogen-bond acceptors (Lipinski definition) is 1. The highest BCUT2D eigenvalue weighted by molar-refractivity contribution is 14.1. The number of rotatable bonds is 2. The SMILES string of the molecule is CCC(I)NC(=O)O. The lowest BCUT2D eigenvalue weighted by atomic mass is 10.5. The highest BCUT2D eigenvalue weighted by atomic mass is 127. The lowest BCUT2D eigenvalue weighted by Crippen LogP contribution is -2.27. The van der Waals surface area contributed by atoms with E-state index in [1.807, 2.05) is 29.5 Å². The van der Waals surface area contributed by atoms with Crippen molar-refractivity contribution in [1.29, 1.82) is 0 Å². The number of alkyl halides is 1. The molecule has 3 nitrogen and oxygen atoms in total. The monoisotopic (exact) mass is 229 g/mol. The van der Waals surface area contributed by atoms with E-state index in [0.29, 0.717) is 0 Å². The summed E-state index contributed by atoms with van der Waals surface area (Å²) in [5.74, 6) is 0. The van der Waals surface area contributed by atoms with Crippen LogP contribution in [0.1, 0.15) is 13.3 Å². The maximum Gasteiger partial charge on any atom is 0.405 e. The number of hydrogen-bond donors (Lipinski definition) is 2. The minimum Gasteiger partial charge on any atom is -0.465 e. The topological polar surface area (TPSA) is 49.3 Å². The largest absolute Gasteiger partial charge is 0.465 e. The van der Waals surface area contributed by atoms with Crippen molar-refractivity contribution < 1.29 is 9.90 Å². The van der Waals surface area contributed by atoms with Crippen molar-refractivity contribution in [2.45, 2.75) is 17.4 Å². The predicted octanol–water partition coefficient (Wildman–Crippen LogP) is 1.43. The molecule has 0 rings (SSSR count). The second-order valence-corrected chi connectivity index (χ2v) is 2.83. The number of amides is 1. The molecule has 48 valence electrons. The van der Waals surface area contributed by atoms with Crippen LogP contribution < -0.4 is 5.32 Å². The molecule has 1 amide bonds. The van der Waals surface area contributed by atoms with Crippen LogP contribution in [0.15, 0.2) is 0 Å². The Kier molecular flexibility index (Phi) is 3.94. The van der Waals surface area contributed by atoms with Gasteiger partial charge in [-0.25, -0.2) is 4.79 Å². The van der Waals surface area contributed by atoms with Crippen LogP contribution in [-0.2, 0) is 0 Å². The number of halogens is 1. The first kappa shape index (κ1) is 8.00. The highest BCUT2D eigenvalue weighted by Gasteiger charge is 2.00. The maximum atomic E-state index is 9.85. The number of carboxylic acid groups (broad SMARTS) is 1. The normalized spacial score (nSPS) is 12.8. The van der Waals surface area contributed by atoms with Gasteiger partial charge in [0, 0.05) is 0 Å². The zero-order chi connectivity index (χ0) is 6.57. The van der Waals surface area contributed by atoms with Gasteiger partial charge in [-0.1, -0.05) is 29.5 Å². The van der Waals surface area contributed by atoms with Crippen LogP contribution in [0.25, 0.3) is 0 Å². The first-order valence-electron chi connectivity index (χ1n) is 2.30. The lowest BCUT2D eigenvalue weighted by Gasteiger charge is -2.03. The van der Waals surface area contributed by atoms with Gasteiger partial charge in [0.05, 0.1) is 4.05 Å². The third kappa shape index (κ3) is 4.17. The molecule has 8 heavy (non-hydrogen) atoms. The summed E-state index contributed by atoms with van der Waals surface area (Å²) in [6.45, 7) is 1.92. The van der Waals surface area contributed by atoms with E-state index < -0.39 is 6.09 Å².